The highest BCUT2D eigenvalue weighted by atomic mass is 79.9. The molecule has 0 saturated carbocycles. The predicted octanol–water partition coefficient (Wildman–Crippen LogP) is 2.54. The highest BCUT2D eigenvalue weighted by Crippen LogP contribution is 2.17. The van der Waals surface area contributed by atoms with Crippen molar-refractivity contribution < 1.29 is 14.8 Å². The van der Waals surface area contributed by atoms with E-state index in [0.717, 1.165) is 10.7 Å². The lowest BCUT2D eigenvalue weighted by Gasteiger charge is -2.08. The molecule has 0 aliphatic heterocycles. The molecule has 2 N–H and O–H groups in total. The molecule has 2 aromatic carbocycles. The molecule has 0 heterocycles. The number of nitro groups is 1. The first-order valence-electron chi connectivity index (χ1n) is 6.49. The van der Waals surface area contributed by atoms with Crippen LogP contribution in [0.25, 0.3) is 0 Å². The number of aliphatic hydroxyl groups excluding tert-OH is 1. The van der Waals surface area contributed by atoms with Gasteiger partial charge in [-0.15, -0.1) is 0 Å². The minimum absolute atomic E-state index is 0.126. The number of nitrogens with one attached hydrogen (secondary N) is 1. The van der Waals surface area contributed by atoms with Gasteiger partial charge >= 0.3 is 0 Å². The summed E-state index contributed by atoms with van der Waals surface area (Å²) in [5.41, 5.74) is 2.69. The highest BCUT2D eigenvalue weighted by Gasteiger charge is 2.16. The maximum atomic E-state index is 11.8. The number of amides is 1. The molecule has 2 aromatic rings. The summed E-state index contributed by atoms with van der Waals surface area (Å²) in [6, 6.07) is 12.6. The number of nitro benzene ring substituents is 1. The largest absolute Gasteiger partial charge is 0.378 e. The Hall–Kier alpha value is -2.58. The summed E-state index contributed by atoms with van der Waals surface area (Å²) < 4.78 is 0.822. The monoisotopic (exact) mass is 377 g/mol. The number of carbonyl (C=O) groups excluding carboxylic acids is 1. The molecular weight excluding hydrogens is 366 g/mol. The minimum Gasteiger partial charge on any atom is -0.378 e. The van der Waals surface area contributed by atoms with Crippen LogP contribution in [0.1, 0.15) is 17.2 Å². The molecule has 2 rings (SSSR count). The highest BCUT2D eigenvalue weighted by molar-refractivity contribution is 9.10. The molecule has 0 spiro atoms. The van der Waals surface area contributed by atoms with Gasteiger partial charge in [0.1, 0.15) is 0 Å². The fourth-order valence-electron chi connectivity index (χ4n) is 1.79. The summed E-state index contributed by atoms with van der Waals surface area (Å²) >= 11 is 3.26. The van der Waals surface area contributed by atoms with E-state index in [9.17, 15) is 20.0 Å². The number of aliphatic hydroxyl groups is 1. The van der Waals surface area contributed by atoms with E-state index in [1.165, 1.54) is 18.2 Å². The number of rotatable bonds is 5. The zero-order valence-corrected chi connectivity index (χ0v) is 13.3. The summed E-state index contributed by atoms with van der Waals surface area (Å²) in [5.74, 6) is -0.734. The molecule has 0 aliphatic carbocycles. The molecular formula is C15H12BrN3O4. The molecule has 1 unspecified atom stereocenters. The van der Waals surface area contributed by atoms with Crippen molar-refractivity contribution in [3.63, 3.8) is 0 Å². The fourth-order valence-corrected chi connectivity index (χ4v) is 2.05. The van der Waals surface area contributed by atoms with Gasteiger partial charge in [-0.25, -0.2) is 5.43 Å². The number of hydrazone groups is 1. The van der Waals surface area contributed by atoms with E-state index in [1.54, 1.807) is 30.3 Å². The van der Waals surface area contributed by atoms with Gasteiger partial charge in [0.05, 0.1) is 16.7 Å². The number of carbonyl (C=O) groups is 1. The molecule has 0 fully saturated rings. The molecule has 1 amide bonds. The van der Waals surface area contributed by atoms with Gasteiger partial charge in [-0.3, -0.25) is 14.9 Å². The Morgan fingerprint density at radius 2 is 1.91 bits per heavy atom. The molecule has 0 radical (unpaired) electrons. The van der Waals surface area contributed by atoms with E-state index in [-0.39, 0.29) is 11.3 Å². The van der Waals surface area contributed by atoms with Gasteiger partial charge < -0.3 is 5.11 Å². The second-order valence-electron chi connectivity index (χ2n) is 4.50. The van der Waals surface area contributed by atoms with Crippen molar-refractivity contribution in [2.75, 3.05) is 0 Å². The number of nitrogens with zero attached hydrogens (tertiary/aromatic N) is 2. The molecule has 7 nitrogen and oxygen atoms in total. The Kier molecular flexibility index (Phi) is 5.56. The van der Waals surface area contributed by atoms with Gasteiger partial charge in [-0.2, -0.15) is 5.10 Å². The Balaban J connectivity index is 2.04. The number of benzene rings is 2. The molecule has 0 aliphatic rings. The van der Waals surface area contributed by atoms with Crippen molar-refractivity contribution in [3.8, 4) is 0 Å². The number of hydrogen-bond acceptors (Lipinski definition) is 5. The third kappa shape index (κ3) is 4.44. The maximum absolute atomic E-state index is 11.8. The first kappa shape index (κ1) is 16.8. The Bertz CT molecular complexity index is 747. The van der Waals surface area contributed by atoms with Crippen molar-refractivity contribution in [1.29, 1.82) is 0 Å². The quantitative estimate of drug-likeness (QED) is 0.474. The maximum Gasteiger partial charge on any atom is 0.278 e. The molecule has 23 heavy (non-hydrogen) atoms. The Morgan fingerprint density at radius 1 is 1.26 bits per heavy atom. The standard InChI is InChI=1S/C15H12BrN3O4/c16-12-7-5-10(6-8-12)14(20)15(21)18-17-9-11-3-1-2-4-13(11)19(22)23/h1-9,14,20H,(H,18,21). The first-order valence-corrected chi connectivity index (χ1v) is 7.28. The number of hydrogen-bond donors (Lipinski definition) is 2. The van der Waals surface area contributed by atoms with Gasteiger partial charge in [0.25, 0.3) is 11.6 Å². The smallest absolute Gasteiger partial charge is 0.278 e. The van der Waals surface area contributed by atoms with E-state index in [1.807, 2.05) is 0 Å². The normalized spacial score (nSPS) is 12.1. The second-order valence-corrected chi connectivity index (χ2v) is 5.42. The summed E-state index contributed by atoms with van der Waals surface area (Å²) in [6.07, 6.45) is -0.226. The van der Waals surface area contributed by atoms with Crippen LogP contribution in [-0.4, -0.2) is 22.2 Å². The molecule has 118 valence electrons. The van der Waals surface area contributed by atoms with Crippen molar-refractivity contribution in [2.24, 2.45) is 5.10 Å². The van der Waals surface area contributed by atoms with Crippen molar-refractivity contribution in [2.45, 2.75) is 6.10 Å². The van der Waals surface area contributed by atoms with Gasteiger partial charge in [0.2, 0.25) is 0 Å². The van der Waals surface area contributed by atoms with Crippen LogP contribution in [0, 0.1) is 10.1 Å². The SMILES string of the molecule is O=C(NN=Cc1ccccc1[N+](=O)[O-])C(O)c1ccc(Br)cc1. The molecule has 0 bridgehead atoms. The van der Waals surface area contributed by atoms with Gasteiger partial charge in [0, 0.05) is 10.5 Å². The van der Waals surface area contributed by atoms with Crippen molar-refractivity contribution >= 4 is 33.7 Å². The minimum atomic E-state index is -1.38. The second kappa shape index (κ2) is 7.61. The third-order valence-electron chi connectivity index (χ3n) is 2.95. The molecule has 1 atom stereocenters. The summed E-state index contributed by atoms with van der Waals surface area (Å²) in [7, 11) is 0. The van der Waals surface area contributed by atoms with Gasteiger partial charge in [-0.1, -0.05) is 40.2 Å². The fraction of sp³-hybridized carbons (Fsp3) is 0.0667. The van der Waals surface area contributed by atoms with Crippen LogP contribution in [0.4, 0.5) is 5.69 Å². The summed E-state index contributed by atoms with van der Waals surface area (Å²) in [4.78, 5) is 22.1. The van der Waals surface area contributed by atoms with Crippen LogP contribution in [0.15, 0.2) is 58.1 Å². The third-order valence-corrected chi connectivity index (χ3v) is 3.47. The van der Waals surface area contributed by atoms with E-state index < -0.39 is 16.9 Å². The summed E-state index contributed by atoms with van der Waals surface area (Å²) in [5, 5.41) is 24.4. The van der Waals surface area contributed by atoms with Crippen LogP contribution < -0.4 is 5.43 Å². The van der Waals surface area contributed by atoms with Crippen LogP contribution in [0.5, 0.6) is 0 Å². The van der Waals surface area contributed by atoms with Crippen molar-refractivity contribution in [1.82, 2.24) is 5.43 Å². The lowest BCUT2D eigenvalue weighted by atomic mass is 10.1. The summed E-state index contributed by atoms with van der Waals surface area (Å²) in [6.45, 7) is 0. The van der Waals surface area contributed by atoms with Crippen molar-refractivity contribution in [3.05, 3.63) is 74.2 Å². The van der Waals surface area contributed by atoms with E-state index in [4.69, 9.17) is 0 Å². The molecule has 0 aromatic heterocycles. The van der Waals surface area contributed by atoms with E-state index >= 15 is 0 Å². The van der Waals surface area contributed by atoms with Gasteiger partial charge in [-0.05, 0) is 23.8 Å². The van der Waals surface area contributed by atoms with Crippen LogP contribution >= 0.6 is 15.9 Å². The Labute approximate surface area is 139 Å². The lowest BCUT2D eigenvalue weighted by Crippen LogP contribution is -2.25. The average molecular weight is 378 g/mol. The predicted molar refractivity (Wildman–Crippen MR) is 87.9 cm³/mol. The van der Waals surface area contributed by atoms with E-state index in [0.29, 0.717) is 5.56 Å². The molecule has 0 saturated heterocycles. The number of halogens is 1. The lowest BCUT2D eigenvalue weighted by molar-refractivity contribution is -0.385. The van der Waals surface area contributed by atoms with Crippen LogP contribution in [0.2, 0.25) is 0 Å². The zero-order valence-electron chi connectivity index (χ0n) is 11.7. The topological polar surface area (TPSA) is 105 Å². The number of para-hydroxylation sites is 1. The van der Waals surface area contributed by atoms with Crippen LogP contribution in [-0.2, 0) is 4.79 Å². The van der Waals surface area contributed by atoms with E-state index in [2.05, 4.69) is 26.5 Å². The molecule has 8 heteroatoms. The average Bonchev–Trinajstić information content (AvgIpc) is 2.55. The first-order chi connectivity index (χ1) is 11.0. The zero-order chi connectivity index (χ0) is 16.8. The Morgan fingerprint density at radius 3 is 2.57 bits per heavy atom. The van der Waals surface area contributed by atoms with Crippen LogP contribution in [0.3, 0.4) is 0 Å². The van der Waals surface area contributed by atoms with Gasteiger partial charge in [0.15, 0.2) is 6.10 Å².